The molecule has 4 heteroatoms. The predicted octanol–water partition coefficient (Wildman–Crippen LogP) is 3.34. The van der Waals surface area contributed by atoms with E-state index in [1.807, 2.05) is 0 Å². The van der Waals surface area contributed by atoms with Gasteiger partial charge in [0.25, 0.3) is 0 Å². The second kappa shape index (κ2) is 8.89. The molecule has 118 valence electrons. The van der Waals surface area contributed by atoms with Crippen molar-refractivity contribution in [3.63, 3.8) is 0 Å². The van der Waals surface area contributed by atoms with Crippen LogP contribution in [0.5, 0.6) is 0 Å². The maximum atomic E-state index is 9.26. The largest absolute Gasteiger partial charge is 0.395 e. The first-order valence-corrected chi connectivity index (χ1v) is 8.87. The Bertz CT molecular complexity index is 406. The summed E-state index contributed by atoms with van der Waals surface area (Å²) in [5.74, 6) is 0. The van der Waals surface area contributed by atoms with Gasteiger partial charge in [-0.05, 0) is 43.5 Å². The van der Waals surface area contributed by atoms with Crippen molar-refractivity contribution < 1.29 is 5.11 Å². The number of hydrogen-bond donors (Lipinski definition) is 2. The van der Waals surface area contributed by atoms with Crippen LogP contribution < -0.4 is 5.32 Å². The molecule has 0 spiro atoms. The Morgan fingerprint density at radius 3 is 2.52 bits per heavy atom. The van der Waals surface area contributed by atoms with Crippen molar-refractivity contribution in [2.45, 2.75) is 44.7 Å². The molecule has 0 saturated heterocycles. The molecule has 3 nitrogen and oxygen atoms in total. The highest BCUT2D eigenvalue weighted by molar-refractivity contribution is 9.10. The molecule has 0 aliphatic heterocycles. The molecule has 1 unspecified atom stereocenters. The molecule has 0 aromatic heterocycles. The monoisotopic (exact) mass is 354 g/mol. The topological polar surface area (TPSA) is 35.5 Å². The highest BCUT2D eigenvalue weighted by Crippen LogP contribution is 2.26. The van der Waals surface area contributed by atoms with Gasteiger partial charge in [0.05, 0.1) is 6.61 Å². The molecule has 1 fully saturated rings. The van der Waals surface area contributed by atoms with Crippen LogP contribution in [0.3, 0.4) is 0 Å². The molecule has 1 aromatic rings. The zero-order valence-electron chi connectivity index (χ0n) is 12.9. The zero-order valence-corrected chi connectivity index (χ0v) is 14.5. The molecule has 1 saturated carbocycles. The molecule has 1 aliphatic carbocycles. The number of halogens is 1. The third-order valence-corrected chi connectivity index (χ3v) is 4.93. The van der Waals surface area contributed by atoms with Crippen LogP contribution in [0.1, 0.15) is 44.2 Å². The van der Waals surface area contributed by atoms with Gasteiger partial charge in [0.15, 0.2) is 0 Å². The minimum Gasteiger partial charge on any atom is -0.395 e. The number of hydrogen-bond acceptors (Lipinski definition) is 3. The molecule has 0 heterocycles. The summed E-state index contributed by atoms with van der Waals surface area (Å²) in [6.45, 7) is 5.26. The van der Waals surface area contributed by atoms with Gasteiger partial charge in [0.1, 0.15) is 0 Å². The van der Waals surface area contributed by atoms with Crippen LogP contribution in [-0.2, 0) is 0 Å². The Hall–Kier alpha value is -0.420. The Labute approximate surface area is 136 Å². The first-order chi connectivity index (χ1) is 10.2. The van der Waals surface area contributed by atoms with Gasteiger partial charge in [-0.1, -0.05) is 41.4 Å². The summed E-state index contributed by atoms with van der Waals surface area (Å²) in [5, 5.41) is 12.8. The first-order valence-electron chi connectivity index (χ1n) is 8.08. The summed E-state index contributed by atoms with van der Waals surface area (Å²) >= 11 is 3.50. The molecule has 1 atom stereocenters. The van der Waals surface area contributed by atoms with Crippen LogP contribution in [0.15, 0.2) is 28.7 Å². The van der Waals surface area contributed by atoms with Crippen molar-refractivity contribution in [3.8, 4) is 0 Å². The third-order valence-electron chi connectivity index (χ3n) is 4.41. The van der Waals surface area contributed by atoms with Crippen molar-refractivity contribution >= 4 is 15.9 Å². The third kappa shape index (κ3) is 5.06. The van der Waals surface area contributed by atoms with E-state index in [4.69, 9.17) is 0 Å². The van der Waals surface area contributed by atoms with Crippen molar-refractivity contribution in [3.05, 3.63) is 34.3 Å². The quantitative estimate of drug-likeness (QED) is 0.713. The van der Waals surface area contributed by atoms with Crippen LogP contribution >= 0.6 is 15.9 Å². The van der Waals surface area contributed by atoms with Crippen LogP contribution in [0.2, 0.25) is 0 Å². The molecule has 0 bridgehead atoms. The highest BCUT2D eigenvalue weighted by atomic mass is 79.9. The molecular weight excluding hydrogens is 328 g/mol. The molecule has 2 N–H and O–H groups in total. The highest BCUT2D eigenvalue weighted by Gasteiger charge is 2.25. The van der Waals surface area contributed by atoms with Gasteiger partial charge in [0.2, 0.25) is 0 Å². The zero-order chi connectivity index (χ0) is 15.1. The lowest BCUT2D eigenvalue weighted by Crippen LogP contribution is -2.43. The SMILES string of the molecule is CCNC(CCN(CCO)C1CCC1)c1ccc(Br)cc1. The van der Waals surface area contributed by atoms with Gasteiger partial charge >= 0.3 is 0 Å². The average Bonchev–Trinajstić information content (AvgIpc) is 2.42. The Morgan fingerprint density at radius 2 is 2.00 bits per heavy atom. The maximum absolute atomic E-state index is 9.26. The lowest BCUT2D eigenvalue weighted by Gasteiger charge is -2.38. The van der Waals surface area contributed by atoms with E-state index in [1.165, 1.54) is 24.8 Å². The van der Waals surface area contributed by atoms with Gasteiger partial charge in [-0.15, -0.1) is 0 Å². The normalized spacial score (nSPS) is 17.0. The summed E-state index contributed by atoms with van der Waals surface area (Å²) in [5.41, 5.74) is 1.35. The molecule has 2 rings (SSSR count). The van der Waals surface area contributed by atoms with Gasteiger partial charge in [-0.25, -0.2) is 0 Å². The Balaban J connectivity index is 1.93. The molecule has 0 amide bonds. The standard InChI is InChI=1S/C17H27BrN2O/c1-2-19-17(14-6-8-15(18)9-7-14)10-11-20(12-13-21)16-4-3-5-16/h6-9,16-17,19,21H,2-5,10-13H2,1H3. The minimum absolute atomic E-state index is 0.265. The average molecular weight is 355 g/mol. The summed E-state index contributed by atoms with van der Waals surface area (Å²) in [6, 6.07) is 9.69. The van der Waals surface area contributed by atoms with Crippen LogP contribution in [0.4, 0.5) is 0 Å². The van der Waals surface area contributed by atoms with E-state index < -0.39 is 0 Å². The second-order valence-electron chi connectivity index (χ2n) is 5.79. The lowest BCUT2D eigenvalue weighted by atomic mass is 9.91. The number of nitrogens with zero attached hydrogens (tertiary/aromatic N) is 1. The first kappa shape index (κ1) is 16.9. The Kier molecular flexibility index (Phi) is 7.17. The van der Waals surface area contributed by atoms with Crippen LogP contribution in [0, 0.1) is 0 Å². The van der Waals surface area contributed by atoms with E-state index in [9.17, 15) is 5.11 Å². The number of benzene rings is 1. The van der Waals surface area contributed by atoms with E-state index in [-0.39, 0.29) is 6.61 Å². The molecule has 0 radical (unpaired) electrons. The van der Waals surface area contributed by atoms with Gasteiger partial charge in [0, 0.05) is 29.6 Å². The maximum Gasteiger partial charge on any atom is 0.0558 e. The second-order valence-corrected chi connectivity index (χ2v) is 6.71. The van der Waals surface area contributed by atoms with Crippen LogP contribution in [-0.4, -0.2) is 42.3 Å². The van der Waals surface area contributed by atoms with Crippen molar-refractivity contribution in [2.75, 3.05) is 26.2 Å². The van der Waals surface area contributed by atoms with Crippen molar-refractivity contribution in [1.82, 2.24) is 10.2 Å². The Morgan fingerprint density at radius 1 is 1.29 bits per heavy atom. The summed E-state index contributed by atoms with van der Waals surface area (Å²) in [4.78, 5) is 2.46. The fraction of sp³-hybridized carbons (Fsp3) is 0.647. The van der Waals surface area contributed by atoms with Gasteiger partial charge < -0.3 is 10.4 Å². The number of aliphatic hydroxyl groups excluding tert-OH is 1. The van der Waals surface area contributed by atoms with Gasteiger partial charge in [-0.2, -0.15) is 0 Å². The van der Waals surface area contributed by atoms with E-state index >= 15 is 0 Å². The van der Waals surface area contributed by atoms with Gasteiger partial charge in [-0.3, -0.25) is 4.90 Å². The summed E-state index contributed by atoms with van der Waals surface area (Å²) in [6.07, 6.45) is 5.02. The summed E-state index contributed by atoms with van der Waals surface area (Å²) < 4.78 is 1.12. The summed E-state index contributed by atoms with van der Waals surface area (Å²) in [7, 11) is 0. The smallest absolute Gasteiger partial charge is 0.0558 e. The van der Waals surface area contributed by atoms with E-state index in [2.05, 4.69) is 57.3 Å². The van der Waals surface area contributed by atoms with Crippen molar-refractivity contribution in [2.24, 2.45) is 0 Å². The van der Waals surface area contributed by atoms with Crippen molar-refractivity contribution in [1.29, 1.82) is 0 Å². The minimum atomic E-state index is 0.265. The number of aliphatic hydroxyl groups is 1. The fourth-order valence-electron chi connectivity index (χ4n) is 2.98. The van der Waals surface area contributed by atoms with E-state index in [0.29, 0.717) is 12.1 Å². The lowest BCUT2D eigenvalue weighted by molar-refractivity contribution is 0.0969. The van der Waals surface area contributed by atoms with E-state index in [1.54, 1.807) is 0 Å². The van der Waals surface area contributed by atoms with Crippen LogP contribution in [0.25, 0.3) is 0 Å². The molecule has 21 heavy (non-hydrogen) atoms. The molecule has 1 aromatic carbocycles. The molecule has 1 aliphatic rings. The number of nitrogens with one attached hydrogen (secondary N) is 1. The molecular formula is C17H27BrN2O. The predicted molar refractivity (Wildman–Crippen MR) is 91.5 cm³/mol. The fourth-order valence-corrected chi connectivity index (χ4v) is 3.24. The van der Waals surface area contributed by atoms with E-state index in [0.717, 1.165) is 30.5 Å². The number of rotatable bonds is 9.